The van der Waals surface area contributed by atoms with Crippen LogP contribution in [0.15, 0.2) is 24.3 Å². The first kappa shape index (κ1) is 23.3. The summed E-state index contributed by atoms with van der Waals surface area (Å²) in [7, 11) is 0. The van der Waals surface area contributed by atoms with E-state index in [9.17, 15) is 9.59 Å². The summed E-state index contributed by atoms with van der Waals surface area (Å²) in [5.41, 5.74) is 2.20. The lowest BCUT2D eigenvalue weighted by Crippen LogP contribution is -2.56. The molecular formula is C26H38N6O2. The predicted molar refractivity (Wildman–Crippen MR) is 134 cm³/mol. The Morgan fingerprint density at radius 1 is 0.735 bits per heavy atom. The third-order valence-electron chi connectivity index (χ3n) is 7.71. The zero-order chi connectivity index (χ0) is 23.7. The van der Waals surface area contributed by atoms with Crippen molar-refractivity contribution < 1.29 is 9.59 Å². The molecule has 1 aromatic carbocycles. The van der Waals surface area contributed by atoms with Gasteiger partial charge < -0.3 is 14.8 Å². The van der Waals surface area contributed by atoms with Crippen LogP contribution >= 0.6 is 0 Å². The van der Waals surface area contributed by atoms with Crippen LogP contribution in [-0.2, 0) is 0 Å². The first-order valence-electron chi connectivity index (χ1n) is 12.9. The summed E-state index contributed by atoms with van der Waals surface area (Å²) in [6, 6.07) is 8.15. The topological polar surface area (TPSA) is 66.1 Å². The van der Waals surface area contributed by atoms with Crippen LogP contribution < -0.4 is 0 Å². The Balaban J connectivity index is 1.21. The van der Waals surface area contributed by atoms with Crippen molar-refractivity contribution in [2.75, 3.05) is 65.4 Å². The minimum Gasteiger partial charge on any atom is -0.351 e. The number of nitrogens with zero attached hydrogens (tertiary/aromatic N) is 5. The highest BCUT2D eigenvalue weighted by Gasteiger charge is 2.27. The lowest BCUT2D eigenvalue weighted by molar-refractivity contribution is -0.0635. The van der Waals surface area contributed by atoms with Gasteiger partial charge in [-0.05, 0) is 51.0 Å². The molecule has 0 radical (unpaired) electrons. The van der Waals surface area contributed by atoms with Gasteiger partial charge in [-0.15, -0.1) is 0 Å². The fourth-order valence-corrected chi connectivity index (χ4v) is 5.52. The molecule has 8 nitrogen and oxygen atoms in total. The van der Waals surface area contributed by atoms with Crippen molar-refractivity contribution in [3.63, 3.8) is 0 Å². The molecule has 0 spiro atoms. The maximum Gasteiger partial charge on any atom is 0.270 e. The Hall–Kier alpha value is -2.42. The van der Waals surface area contributed by atoms with Crippen LogP contribution in [0, 0.1) is 0 Å². The number of hydrogen-bond donors (Lipinski definition) is 1. The van der Waals surface area contributed by atoms with E-state index in [4.69, 9.17) is 0 Å². The first-order chi connectivity index (χ1) is 16.5. The summed E-state index contributed by atoms with van der Waals surface area (Å²) in [4.78, 5) is 35.9. The lowest BCUT2D eigenvalue weighted by Gasteiger charge is -2.42. The van der Waals surface area contributed by atoms with Gasteiger partial charge in [-0.1, -0.05) is 6.42 Å². The fraction of sp³-hybridized carbons (Fsp3) is 0.615. The Morgan fingerprint density at radius 2 is 1.35 bits per heavy atom. The molecule has 3 aliphatic rings. The maximum atomic E-state index is 13.2. The van der Waals surface area contributed by atoms with Gasteiger partial charge in [-0.2, -0.15) is 0 Å². The summed E-state index contributed by atoms with van der Waals surface area (Å²) in [5.74, 6) is 0.125. The number of piperazine rings is 2. The van der Waals surface area contributed by atoms with Gasteiger partial charge in [0.1, 0.15) is 5.69 Å². The molecule has 0 atom stereocenters. The largest absolute Gasteiger partial charge is 0.351 e. The number of piperidine rings is 1. The van der Waals surface area contributed by atoms with Crippen molar-refractivity contribution in [3.8, 4) is 0 Å². The molecule has 8 heteroatoms. The molecule has 3 fully saturated rings. The monoisotopic (exact) mass is 466 g/mol. The number of amides is 2. The number of H-pyrrole nitrogens is 1. The molecule has 3 aliphatic heterocycles. The second kappa shape index (κ2) is 10.1. The second-order valence-corrected chi connectivity index (χ2v) is 10.2. The van der Waals surface area contributed by atoms with Crippen molar-refractivity contribution in [3.05, 3.63) is 35.5 Å². The van der Waals surface area contributed by atoms with Gasteiger partial charge in [0.25, 0.3) is 11.8 Å². The van der Waals surface area contributed by atoms with Crippen LogP contribution in [0.5, 0.6) is 0 Å². The SMILES string of the molecule is CC(C)N1CCN(C(=O)c2ccc3[nH]c(C(=O)N4CCN(N5CCCCC5)CC4)cc3c2)CC1. The summed E-state index contributed by atoms with van der Waals surface area (Å²) in [6.45, 7) is 13.3. The normalized spacial score (nSPS) is 21.5. The molecule has 34 heavy (non-hydrogen) atoms. The molecule has 0 unspecified atom stereocenters. The molecule has 2 amide bonds. The lowest BCUT2D eigenvalue weighted by atomic mass is 10.1. The van der Waals surface area contributed by atoms with Gasteiger partial charge in [0.05, 0.1) is 0 Å². The third kappa shape index (κ3) is 4.85. The van der Waals surface area contributed by atoms with E-state index in [-0.39, 0.29) is 11.8 Å². The molecule has 3 saturated heterocycles. The molecular weight excluding hydrogens is 428 g/mol. The molecule has 1 N–H and O–H groups in total. The number of carbonyl (C=O) groups excluding carboxylic acids is 2. The van der Waals surface area contributed by atoms with E-state index in [2.05, 4.69) is 33.7 Å². The summed E-state index contributed by atoms with van der Waals surface area (Å²) in [5, 5.41) is 5.81. The van der Waals surface area contributed by atoms with E-state index in [0.29, 0.717) is 17.3 Å². The van der Waals surface area contributed by atoms with Crippen molar-refractivity contribution >= 4 is 22.7 Å². The highest BCUT2D eigenvalue weighted by molar-refractivity contribution is 6.01. The number of carbonyl (C=O) groups is 2. The van der Waals surface area contributed by atoms with Gasteiger partial charge in [-0.25, -0.2) is 10.0 Å². The minimum atomic E-state index is 0.0483. The third-order valence-corrected chi connectivity index (χ3v) is 7.71. The van der Waals surface area contributed by atoms with Crippen molar-refractivity contribution in [1.82, 2.24) is 29.7 Å². The Labute approximate surface area is 202 Å². The molecule has 184 valence electrons. The van der Waals surface area contributed by atoms with Crippen LogP contribution in [0.25, 0.3) is 10.9 Å². The van der Waals surface area contributed by atoms with E-state index >= 15 is 0 Å². The number of fused-ring (bicyclic) bond motifs is 1. The van der Waals surface area contributed by atoms with Crippen LogP contribution in [-0.4, -0.2) is 113 Å². The Kier molecular flexibility index (Phi) is 6.90. The van der Waals surface area contributed by atoms with Crippen molar-refractivity contribution in [2.45, 2.75) is 39.2 Å². The molecule has 1 aromatic heterocycles. The number of hydrazine groups is 1. The summed E-state index contributed by atoms with van der Waals surface area (Å²) in [6.07, 6.45) is 3.87. The zero-order valence-corrected chi connectivity index (χ0v) is 20.6. The van der Waals surface area contributed by atoms with Crippen LogP contribution in [0.1, 0.15) is 54.0 Å². The minimum absolute atomic E-state index is 0.0483. The van der Waals surface area contributed by atoms with Crippen LogP contribution in [0.3, 0.4) is 0 Å². The smallest absolute Gasteiger partial charge is 0.270 e. The second-order valence-electron chi connectivity index (χ2n) is 10.2. The van der Waals surface area contributed by atoms with E-state index in [1.165, 1.54) is 19.3 Å². The standard InChI is InChI=1S/C26H38N6O2/c1-20(2)28-10-12-29(13-11-28)25(33)21-6-7-23-22(18-21)19-24(27-23)26(34)30-14-16-32(17-15-30)31-8-4-3-5-9-31/h6-7,18-20,27H,3-5,8-17H2,1-2H3. The van der Waals surface area contributed by atoms with Gasteiger partial charge in [0.15, 0.2) is 0 Å². The van der Waals surface area contributed by atoms with Crippen molar-refractivity contribution in [2.24, 2.45) is 0 Å². The van der Waals surface area contributed by atoms with Gasteiger partial charge >= 0.3 is 0 Å². The van der Waals surface area contributed by atoms with Crippen LogP contribution in [0.2, 0.25) is 0 Å². The Morgan fingerprint density at radius 3 is 2.03 bits per heavy atom. The van der Waals surface area contributed by atoms with Gasteiger partial charge in [0.2, 0.25) is 0 Å². The highest BCUT2D eigenvalue weighted by Crippen LogP contribution is 2.21. The number of rotatable bonds is 4. The van der Waals surface area contributed by atoms with Gasteiger partial charge in [-0.3, -0.25) is 14.5 Å². The fourth-order valence-electron chi connectivity index (χ4n) is 5.52. The van der Waals surface area contributed by atoms with E-state index in [1.54, 1.807) is 0 Å². The average Bonchev–Trinajstić information content (AvgIpc) is 3.32. The number of nitrogens with one attached hydrogen (secondary N) is 1. The number of aromatic nitrogens is 1. The van der Waals surface area contributed by atoms with E-state index in [1.807, 2.05) is 34.1 Å². The molecule has 2 aromatic rings. The highest BCUT2D eigenvalue weighted by atomic mass is 16.2. The van der Waals surface area contributed by atoms with Crippen LogP contribution in [0.4, 0.5) is 0 Å². The predicted octanol–water partition coefficient (Wildman–Crippen LogP) is 2.49. The van der Waals surface area contributed by atoms with Crippen molar-refractivity contribution in [1.29, 1.82) is 0 Å². The molecule has 5 rings (SSSR count). The molecule has 0 aliphatic carbocycles. The molecule has 0 saturated carbocycles. The summed E-state index contributed by atoms with van der Waals surface area (Å²) >= 11 is 0. The zero-order valence-electron chi connectivity index (χ0n) is 20.6. The molecule has 0 bridgehead atoms. The average molecular weight is 467 g/mol. The number of benzene rings is 1. The maximum absolute atomic E-state index is 13.2. The quantitative estimate of drug-likeness (QED) is 0.750. The van der Waals surface area contributed by atoms with Gasteiger partial charge in [0, 0.05) is 88.0 Å². The number of hydrogen-bond acceptors (Lipinski definition) is 5. The molecule has 4 heterocycles. The first-order valence-corrected chi connectivity index (χ1v) is 12.9. The Bertz CT molecular complexity index is 1010. The van der Waals surface area contributed by atoms with E-state index < -0.39 is 0 Å². The number of aromatic amines is 1. The summed E-state index contributed by atoms with van der Waals surface area (Å²) < 4.78 is 0. The van der Waals surface area contributed by atoms with E-state index in [0.717, 1.165) is 76.4 Å².